The Kier molecular flexibility index (Phi) is 4.63. The van der Waals surface area contributed by atoms with Crippen LogP contribution in [0, 0.1) is 0 Å². The van der Waals surface area contributed by atoms with E-state index in [0.717, 1.165) is 16.1 Å². The molecule has 1 amide bonds. The molecule has 0 bridgehead atoms. The topological polar surface area (TPSA) is 54.3 Å². The highest BCUT2D eigenvalue weighted by atomic mass is 79.9. The molecule has 0 saturated heterocycles. The molecule has 2 rings (SSSR count). The quantitative estimate of drug-likeness (QED) is 0.887. The van der Waals surface area contributed by atoms with E-state index in [2.05, 4.69) is 26.6 Å². The molecule has 0 unspecified atom stereocenters. The van der Waals surface area contributed by atoms with E-state index in [-0.39, 0.29) is 5.91 Å². The molecular weight excluding hydrogens is 308 g/mol. The molecule has 0 radical (unpaired) electrons. The number of rotatable bonds is 5. The van der Waals surface area contributed by atoms with Crippen LogP contribution in [-0.2, 0) is 6.54 Å². The largest absolute Gasteiger partial charge is 0.452 e. The van der Waals surface area contributed by atoms with Crippen molar-refractivity contribution < 1.29 is 9.21 Å². The van der Waals surface area contributed by atoms with E-state index in [9.17, 15) is 4.79 Å². The van der Waals surface area contributed by atoms with Crippen LogP contribution in [0.4, 0.5) is 5.69 Å². The smallest absolute Gasteiger partial charge is 0.251 e. The number of halogens is 1. The van der Waals surface area contributed by atoms with Crippen LogP contribution in [0.1, 0.15) is 23.0 Å². The molecular formula is C14H15BrN2O2. The van der Waals surface area contributed by atoms with Gasteiger partial charge < -0.3 is 15.1 Å². The van der Waals surface area contributed by atoms with E-state index in [4.69, 9.17) is 4.42 Å². The first-order valence-corrected chi connectivity index (χ1v) is 6.84. The molecule has 100 valence electrons. The van der Waals surface area contributed by atoms with E-state index in [1.165, 1.54) is 0 Å². The minimum absolute atomic E-state index is 0.0518. The van der Waals surface area contributed by atoms with Gasteiger partial charge in [-0.3, -0.25) is 4.79 Å². The van der Waals surface area contributed by atoms with Crippen LogP contribution in [0.5, 0.6) is 0 Å². The summed E-state index contributed by atoms with van der Waals surface area (Å²) in [5.74, 6) is 0.795. The lowest BCUT2D eigenvalue weighted by Crippen LogP contribution is -2.22. The zero-order valence-electron chi connectivity index (χ0n) is 10.6. The third-order valence-corrected chi connectivity index (χ3v) is 3.01. The summed E-state index contributed by atoms with van der Waals surface area (Å²) in [4.78, 5) is 11.6. The van der Waals surface area contributed by atoms with Gasteiger partial charge in [0.1, 0.15) is 5.76 Å². The van der Waals surface area contributed by atoms with Crippen molar-refractivity contribution >= 4 is 27.5 Å². The maximum absolute atomic E-state index is 11.6. The molecule has 1 heterocycles. The molecule has 0 fully saturated rings. The van der Waals surface area contributed by atoms with Gasteiger partial charge in [-0.25, -0.2) is 0 Å². The summed E-state index contributed by atoms with van der Waals surface area (Å²) in [6, 6.07) is 11.1. The van der Waals surface area contributed by atoms with Gasteiger partial charge in [-0.15, -0.1) is 0 Å². The molecule has 0 aliphatic carbocycles. The lowest BCUT2D eigenvalue weighted by atomic mass is 10.2. The van der Waals surface area contributed by atoms with Gasteiger partial charge in [-0.1, -0.05) is 0 Å². The van der Waals surface area contributed by atoms with Gasteiger partial charge in [0, 0.05) is 17.8 Å². The van der Waals surface area contributed by atoms with Crippen LogP contribution in [0.25, 0.3) is 0 Å². The Balaban J connectivity index is 1.93. The second-order valence-electron chi connectivity index (χ2n) is 4.00. The van der Waals surface area contributed by atoms with Gasteiger partial charge in [0.2, 0.25) is 0 Å². The first kappa shape index (κ1) is 13.7. The molecule has 4 nitrogen and oxygen atoms in total. The van der Waals surface area contributed by atoms with Crippen molar-refractivity contribution in [3.63, 3.8) is 0 Å². The molecule has 5 heteroatoms. The Morgan fingerprint density at radius 2 is 1.95 bits per heavy atom. The van der Waals surface area contributed by atoms with Crippen molar-refractivity contribution in [2.75, 3.05) is 11.9 Å². The predicted molar refractivity (Wildman–Crippen MR) is 78.2 cm³/mol. The number of hydrogen-bond donors (Lipinski definition) is 2. The van der Waals surface area contributed by atoms with Gasteiger partial charge in [0.15, 0.2) is 4.67 Å². The van der Waals surface area contributed by atoms with Gasteiger partial charge >= 0.3 is 0 Å². The summed E-state index contributed by atoms with van der Waals surface area (Å²) < 4.78 is 6.11. The molecule has 2 aromatic rings. The number of benzene rings is 1. The van der Waals surface area contributed by atoms with E-state index in [1.54, 1.807) is 12.1 Å². The van der Waals surface area contributed by atoms with Crippen LogP contribution in [0.2, 0.25) is 0 Å². The second kappa shape index (κ2) is 6.43. The fourth-order valence-corrected chi connectivity index (χ4v) is 1.98. The van der Waals surface area contributed by atoms with Crippen molar-refractivity contribution in [1.29, 1.82) is 0 Å². The minimum atomic E-state index is -0.0518. The highest BCUT2D eigenvalue weighted by molar-refractivity contribution is 9.10. The van der Waals surface area contributed by atoms with Gasteiger partial charge in [-0.2, -0.15) is 0 Å². The third-order valence-electron chi connectivity index (χ3n) is 2.58. The maximum Gasteiger partial charge on any atom is 0.251 e. The van der Waals surface area contributed by atoms with Gasteiger partial charge in [0.25, 0.3) is 5.91 Å². The number of anilines is 1. The van der Waals surface area contributed by atoms with Crippen LogP contribution in [0.3, 0.4) is 0 Å². The van der Waals surface area contributed by atoms with Gasteiger partial charge in [-0.05, 0) is 59.3 Å². The number of hydrogen-bond acceptors (Lipinski definition) is 3. The average molecular weight is 323 g/mol. The molecule has 1 aromatic heterocycles. The third kappa shape index (κ3) is 3.86. The van der Waals surface area contributed by atoms with Crippen LogP contribution >= 0.6 is 15.9 Å². The lowest BCUT2D eigenvalue weighted by molar-refractivity contribution is 0.0956. The van der Waals surface area contributed by atoms with Crippen LogP contribution in [-0.4, -0.2) is 12.5 Å². The Labute approximate surface area is 120 Å². The molecule has 2 N–H and O–H groups in total. The highest BCUT2D eigenvalue weighted by Gasteiger charge is 2.04. The number of amides is 1. The lowest BCUT2D eigenvalue weighted by Gasteiger charge is -2.06. The molecule has 1 aromatic carbocycles. The highest BCUT2D eigenvalue weighted by Crippen LogP contribution is 2.16. The minimum Gasteiger partial charge on any atom is -0.452 e. The number of carbonyl (C=O) groups excluding carboxylic acids is 1. The van der Waals surface area contributed by atoms with E-state index in [0.29, 0.717) is 18.7 Å². The standard InChI is InChI=1S/C14H15BrN2O2/c1-2-16-14(18)10-3-5-11(6-4-10)17-9-12-7-8-13(15)19-12/h3-8,17H,2,9H2,1H3,(H,16,18). The zero-order chi connectivity index (χ0) is 13.7. The summed E-state index contributed by atoms with van der Waals surface area (Å²) in [7, 11) is 0. The molecule has 0 aliphatic heterocycles. The van der Waals surface area contributed by atoms with E-state index in [1.807, 2.05) is 31.2 Å². The van der Waals surface area contributed by atoms with Crippen molar-refractivity contribution in [2.45, 2.75) is 13.5 Å². The van der Waals surface area contributed by atoms with Crippen molar-refractivity contribution in [3.05, 3.63) is 52.4 Å². The molecule has 0 aliphatic rings. The van der Waals surface area contributed by atoms with Gasteiger partial charge in [0.05, 0.1) is 6.54 Å². The Bertz CT molecular complexity index is 549. The normalized spacial score (nSPS) is 10.2. The SMILES string of the molecule is CCNC(=O)c1ccc(NCc2ccc(Br)o2)cc1. The second-order valence-corrected chi connectivity index (χ2v) is 4.78. The Morgan fingerprint density at radius 1 is 1.21 bits per heavy atom. The van der Waals surface area contributed by atoms with E-state index < -0.39 is 0 Å². The Morgan fingerprint density at radius 3 is 2.53 bits per heavy atom. The zero-order valence-corrected chi connectivity index (χ0v) is 12.2. The fourth-order valence-electron chi connectivity index (χ4n) is 1.64. The van der Waals surface area contributed by atoms with Crippen molar-refractivity contribution in [1.82, 2.24) is 5.32 Å². The molecule has 0 spiro atoms. The fraction of sp³-hybridized carbons (Fsp3) is 0.214. The summed E-state index contributed by atoms with van der Waals surface area (Å²) in [6.07, 6.45) is 0. The number of nitrogens with one attached hydrogen (secondary N) is 2. The van der Waals surface area contributed by atoms with Crippen LogP contribution < -0.4 is 10.6 Å². The maximum atomic E-state index is 11.6. The van der Waals surface area contributed by atoms with Crippen molar-refractivity contribution in [3.8, 4) is 0 Å². The first-order chi connectivity index (χ1) is 9.19. The Hall–Kier alpha value is -1.75. The summed E-state index contributed by atoms with van der Waals surface area (Å²) in [5, 5.41) is 5.99. The average Bonchev–Trinajstić information content (AvgIpc) is 2.83. The number of furan rings is 1. The molecule has 19 heavy (non-hydrogen) atoms. The monoisotopic (exact) mass is 322 g/mol. The van der Waals surface area contributed by atoms with E-state index >= 15 is 0 Å². The van der Waals surface area contributed by atoms with Crippen molar-refractivity contribution in [2.24, 2.45) is 0 Å². The summed E-state index contributed by atoms with van der Waals surface area (Å²) in [5.41, 5.74) is 1.61. The summed E-state index contributed by atoms with van der Waals surface area (Å²) >= 11 is 3.26. The molecule has 0 atom stereocenters. The number of carbonyl (C=O) groups is 1. The van der Waals surface area contributed by atoms with Crippen LogP contribution in [0.15, 0.2) is 45.5 Å². The molecule has 0 saturated carbocycles. The first-order valence-electron chi connectivity index (χ1n) is 6.05. The predicted octanol–water partition coefficient (Wildman–Crippen LogP) is 3.40. The summed E-state index contributed by atoms with van der Waals surface area (Å²) in [6.45, 7) is 3.13.